The highest BCUT2D eigenvalue weighted by Crippen LogP contribution is 2.26. The van der Waals surface area contributed by atoms with E-state index in [1.54, 1.807) is 20.8 Å². The number of rotatable bonds is 1. The van der Waals surface area contributed by atoms with E-state index in [0.29, 0.717) is 22.4 Å². The molecular weight excluding hydrogens is 202 g/mol. The number of aryl methyl sites for hydroxylation is 1. The number of hydrogen-bond donors (Lipinski definition) is 2. The smallest absolute Gasteiger partial charge is 0.294 e. The molecule has 3 N–H and O–H groups in total. The van der Waals surface area contributed by atoms with Gasteiger partial charge in [-0.25, -0.2) is 0 Å². The summed E-state index contributed by atoms with van der Waals surface area (Å²) in [6.45, 7) is 5.05. The van der Waals surface area contributed by atoms with E-state index >= 15 is 0 Å². The number of anilines is 1. The lowest BCUT2D eigenvalue weighted by atomic mass is 10.0. The van der Waals surface area contributed by atoms with Crippen LogP contribution in [-0.2, 0) is 10.1 Å². The molecule has 0 aliphatic carbocycles. The van der Waals surface area contributed by atoms with Gasteiger partial charge in [0, 0.05) is 5.69 Å². The Kier molecular flexibility index (Phi) is 2.56. The van der Waals surface area contributed by atoms with Gasteiger partial charge in [0.2, 0.25) is 0 Å². The normalized spacial score (nSPS) is 11.7. The van der Waals surface area contributed by atoms with Crippen molar-refractivity contribution in [2.75, 3.05) is 5.73 Å². The molecule has 0 aromatic heterocycles. The summed E-state index contributed by atoms with van der Waals surface area (Å²) in [5, 5.41) is 0. The summed E-state index contributed by atoms with van der Waals surface area (Å²) in [7, 11) is -4.15. The van der Waals surface area contributed by atoms with Gasteiger partial charge in [0.05, 0.1) is 4.90 Å². The average molecular weight is 215 g/mol. The van der Waals surface area contributed by atoms with Crippen molar-refractivity contribution in [2.45, 2.75) is 25.7 Å². The maximum atomic E-state index is 11.0. The van der Waals surface area contributed by atoms with E-state index in [2.05, 4.69) is 0 Å². The first-order valence-corrected chi connectivity index (χ1v) is 5.53. The molecule has 78 valence electrons. The van der Waals surface area contributed by atoms with Gasteiger partial charge in [-0.15, -0.1) is 0 Å². The second kappa shape index (κ2) is 3.25. The molecule has 0 amide bonds. The molecule has 0 bridgehead atoms. The Morgan fingerprint density at radius 2 is 1.71 bits per heavy atom. The van der Waals surface area contributed by atoms with E-state index in [0.717, 1.165) is 0 Å². The van der Waals surface area contributed by atoms with Crippen LogP contribution < -0.4 is 5.73 Å². The zero-order valence-corrected chi connectivity index (χ0v) is 9.14. The van der Waals surface area contributed by atoms with E-state index in [4.69, 9.17) is 10.3 Å². The molecule has 0 spiro atoms. The van der Waals surface area contributed by atoms with Gasteiger partial charge < -0.3 is 5.73 Å². The van der Waals surface area contributed by atoms with Crippen molar-refractivity contribution in [3.8, 4) is 0 Å². The summed E-state index contributed by atoms with van der Waals surface area (Å²) in [6.07, 6.45) is 0. The first-order valence-electron chi connectivity index (χ1n) is 4.09. The predicted molar refractivity (Wildman–Crippen MR) is 54.9 cm³/mol. The highest BCUT2D eigenvalue weighted by molar-refractivity contribution is 7.85. The number of nitrogens with two attached hydrogens (primary N) is 1. The molecule has 0 aliphatic rings. The molecule has 14 heavy (non-hydrogen) atoms. The highest BCUT2D eigenvalue weighted by Gasteiger charge is 2.17. The molecular formula is C9H13NO3S. The topological polar surface area (TPSA) is 80.4 Å². The number of nitrogen functional groups attached to an aromatic ring is 1. The number of benzene rings is 1. The van der Waals surface area contributed by atoms with Gasteiger partial charge in [0.1, 0.15) is 0 Å². The van der Waals surface area contributed by atoms with Gasteiger partial charge in [-0.2, -0.15) is 8.42 Å². The Hall–Kier alpha value is -1.07. The van der Waals surface area contributed by atoms with Crippen LogP contribution >= 0.6 is 0 Å². The molecule has 0 heterocycles. The Morgan fingerprint density at radius 3 is 2.14 bits per heavy atom. The fourth-order valence-corrected chi connectivity index (χ4v) is 2.20. The second-order valence-corrected chi connectivity index (χ2v) is 4.72. The van der Waals surface area contributed by atoms with Gasteiger partial charge in [-0.05, 0) is 43.5 Å². The first-order chi connectivity index (χ1) is 6.25. The average Bonchev–Trinajstić information content (AvgIpc) is 2.06. The van der Waals surface area contributed by atoms with Crippen LogP contribution in [0.3, 0.4) is 0 Å². The lowest BCUT2D eigenvalue weighted by Crippen LogP contribution is -2.06. The van der Waals surface area contributed by atoms with E-state index in [1.807, 2.05) is 0 Å². The summed E-state index contributed by atoms with van der Waals surface area (Å²) < 4.78 is 30.9. The Balaban J connectivity index is 3.66. The molecule has 0 unspecified atom stereocenters. The summed E-state index contributed by atoms with van der Waals surface area (Å²) >= 11 is 0. The molecule has 0 atom stereocenters. The van der Waals surface area contributed by atoms with Crippen molar-refractivity contribution in [1.82, 2.24) is 0 Å². The van der Waals surface area contributed by atoms with Crippen molar-refractivity contribution in [3.63, 3.8) is 0 Å². The minimum absolute atomic E-state index is 0.0679. The van der Waals surface area contributed by atoms with Crippen molar-refractivity contribution < 1.29 is 13.0 Å². The van der Waals surface area contributed by atoms with Gasteiger partial charge >= 0.3 is 0 Å². The summed E-state index contributed by atoms with van der Waals surface area (Å²) in [4.78, 5) is -0.0679. The molecule has 0 saturated heterocycles. The quantitative estimate of drug-likeness (QED) is 0.548. The molecule has 1 rings (SSSR count). The second-order valence-electron chi connectivity index (χ2n) is 3.33. The lowest BCUT2D eigenvalue weighted by molar-refractivity contribution is 0.482. The van der Waals surface area contributed by atoms with Crippen LogP contribution in [0.2, 0.25) is 0 Å². The lowest BCUT2D eigenvalue weighted by Gasteiger charge is -2.11. The molecule has 0 saturated carbocycles. The van der Waals surface area contributed by atoms with Crippen LogP contribution in [0.1, 0.15) is 16.7 Å². The predicted octanol–water partition coefficient (Wildman–Crippen LogP) is 1.44. The zero-order chi connectivity index (χ0) is 11.1. The first kappa shape index (κ1) is 11.0. The Bertz CT molecular complexity index is 477. The fraction of sp³-hybridized carbons (Fsp3) is 0.333. The molecule has 0 aliphatic heterocycles. The zero-order valence-electron chi connectivity index (χ0n) is 8.33. The van der Waals surface area contributed by atoms with E-state index in [9.17, 15) is 8.42 Å². The summed E-state index contributed by atoms with van der Waals surface area (Å²) in [6, 6.07) is 1.38. The third kappa shape index (κ3) is 1.73. The van der Waals surface area contributed by atoms with Gasteiger partial charge in [-0.1, -0.05) is 0 Å². The third-order valence-electron chi connectivity index (χ3n) is 2.39. The van der Waals surface area contributed by atoms with Crippen LogP contribution in [0, 0.1) is 20.8 Å². The summed E-state index contributed by atoms with van der Waals surface area (Å²) in [5.74, 6) is 0. The van der Waals surface area contributed by atoms with Gasteiger partial charge in [-0.3, -0.25) is 4.55 Å². The Labute approximate surface area is 83.5 Å². The van der Waals surface area contributed by atoms with Crippen molar-refractivity contribution in [1.29, 1.82) is 0 Å². The van der Waals surface area contributed by atoms with E-state index < -0.39 is 10.1 Å². The van der Waals surface area contributed by atoms with E-state index in [-0.39, 0.29) is 4.90 Å². The van der Waals surface area contributed by atoms with Gasteiger partial charge in [0.25, 0.3) is 10.1 Å². The van der Waals surface area contributed by atoms with Crippen LogP contribution in [0.25, 0.3) is 0 Å². The van der Waals surface area contributed by atoms with Crippen LogP contribution in [0.15, 0.2) is 11.0 Å². The van der Waals surface area contributed by atoms with Crippen LogP contribution in [0.4, 0.5) is 5.69 Å². The van der Waals surface area contributed by atoms with Crippen molar-refractivity contribution in [2.24, 2.45) is 0 Å². The Morgan fingerprint density at radius 1 is 1.21 bits per heavy atom. The standard InChI is InChI=1S/C9H13NO3S/c1-5-4-8(14(11,12)13)6(2)7(3)9(5)10/h4H,10H2,1-3H3,(H,11,12,13). The highest BCUT2D eigenvalue weighted by atomic mass is 32.2. The maximum Gasteiger partial charge on any atom is 0.294 e. The molecule has 1 aromatic carbocycles. The minimum atomic E-state index is -4.15. The minimum Gasteiger partial charge on any atom is -0.398 e. The van der Waals surface area contributed by atoms with Crippen LogP contribution in [0.5, 0.6) is 0 Å². The van der Waals surface area contributed by atoms with Crippen molar-refractivity contribution in [3.05, 3.63) is 22.8 Å². The number of hydrogen-bond acceptors (Lipinski definition) is 3. The monoisotopic (exact) mass is 215 g/mol. The van der Waals surface area contributed by atoms with E-state index in [1.165, 1.54) is 6.07 Å². The van der Waals surface area contributed by atoms with Crippen LogP contribution in [-0.4, -0.2) is 13.0 Å². The molecule has 1 aromatic rings. The summed E-state index contributed by atoms with van der Waals surface area (Å²) in [5.41, 5.74) is 8.12. The molecule has 0 fully saturated rings. The largest absolute Gasteiger partial charge is 0.398 e. The van der Waals surface area contributed by atoms with Crippen molar-refractivity contribution >= 4 is 15.8 Å². The van der Waals surface area contributed by atoms with Gasteiger partial charge in [0.15, 0.2) is 0 Å². The fourth-order valence-electron chi connectivity index (χ4n) is 1.33. The molecule has 4 nitrogen and oxygen atoms in total. The SMILES string of the molecule is Cc1cc(S(=O)(=O)O)c(C)c(C)c1N. The maximum absolute atomic E-state index is 11.0. The third-order valence-corrected chi connectivity index (χ3v) is 3.37. The molecule has 5 heteroatoms. The molecule has 0 radical (unpaired) electrons.